The molecule has 6 heteroatoms. The second-order valence-electron chi connectivity index (χ2n) is 6.89. The number of aromatic nitrogens is 2. The van der Waals surface area contributed by atoms with Crippen molar-refractivity contribution in [1.82, 2.24) is 14.9 Å². The molecule has 2 aromatic carbocycles. The van der Waals surface area contributed by atoms with Crippen molar-refractivity contribution in [1.29, 1.82) is 0 Å². The summed E-state index contributed by atoms with van der Waals surface area (Å²) in [5, 5.41) is 12.0. The smallest absolute Gasteiger partial charge is 0.335 e. The molecular weight excluding hydrogens is 354 g/mol. The number of carboxylic acids is 1. The molecular formula is C22H23N3O3. The highest BCUT2D eigenvalue weighted by molar-refractivity contribution is 5.94. The third-order valence-corrected chi connectivity index (χ3v) is 4.73. The van der Waals surface area contributed by atoms with Crippen LogP contribution in [0, 0.1) is 20.8 Å². The summed E-state index contributed by atoms with van der Waals surface area (Å²) in [5.41, 5.74) is 4.22. The van der Waals surface area contributed by atoms with Gasteiger partial charge in [0.1, 0.15) is 11.5 Å². The van der Waals surface area contributed by atoms with E-state index in [0.717, 1.165) is 22.6 Å². The fraction of sp³-hybridized carbons (Fsp3) is 0.227. The topological polar surface area (TPSA) is 84.2 Å². The van der Waals surface area contributed by atoms with Gasteiger partial charge in [0.15, 0.2) is 0 Å². The Morgan fingerprint density at radius 3 is 2.18 bits per heavy atom. The number of aryl methyl sites for hydroxylation is 3. The summed E-state index contributed by atoms with van der Waals surface area (Å²) in [7, 11) is 0. The molecule has 144 valence electrons. The van der Waals surface area contributed by atoms with Gasteiger partial charge in [-0.15, -0.1) is 0 Å². The van der Waals surface area contributed by atoms with Gasteiger partial charge in [0, 0.05) is 5.69 Å². The van der Waals surface area contributed by atoms with E-state index in [1.807, 2.05) is 56.5 Å². The maximum absolute atomic E-state index is 13.0. The van der Waals surface area contributed by atoms with Crippen molar-refractivity contribution < 1.29 is 14.7 Å². The fourth-order valence-corrected chi connectivity index (χ4v) is 3.21. The summed E-state index contributed by atoms with van der Waals surface area (Å²) in [5.74, 6) is -0.463. The fourth-order valence-electron chi connectivity index (χ4n) is 3.21. The highest BCUT2D eigenvalue weighted by Crippen LogP contribution is 2.20. The van der Waals surface area contributed by atoms with E-state index >= 15 is 0 Å². The van der Waals surface area contributed by atoms with Crippen molar-refractivity contribution in [2.75, 3.05) is 0 Å². The molecule has 1 aromatic heterocycles. The minimum Gasteiger partial charge on any atom is -0.478 e. The lowest BCUT2D eigenvalue weighted by Crippen LogP contribution is -2.29. The number of hydrogen-bond donors (Lipinski definition) is 2. The van der Waals surface area contributed by atoms with Gasteiger partial charge in [0.2, 0.25) is 0 Å². The third kappa shape index (κ3) is 3.81. The zero-order valence-corrected chi connectivity index (χ0v) is 16.4. The van der Waals surface area contributed by atoms with Crippen molar-refractivity contribution in [2.24, 2.45) is 0 Å². The van der Waals surface area contributed by atoms with Crippen LogP contribution in [0.4, 0.5) is 0 Å². The van der Waals surface area contributed by atoms with E-state index in [1.54, 1.807) is 12.1 Å². The Bertz CT molecular complexity index is 1020. The van der Waals surface area contributed by atoms with E-state index in [0.29, 0.717) is 11.4 Å². The molecule has 1 heterocycles. The number of carbonyl (C=O) groups is 2. The Morgan fingerprint density at radius 1 is 1.00 bits per heavy atom. The summed E-state index contributed by atoms with van der Waals surface area (Å²) in [4.78, 5) is 28.5. The van der Waals surface area contributed by atoms with Crippen LogP contribution >= 0.6 is 0 Å². The highest BCUT2D eigenvalue weighted by Gasteiger charge is 2.22. The first-order valence-electron chi connectivity index (χ1n) is 9.05. The first kappa shape index (κ1) is 19.4. The van der Waals surface area contributed by atoms with Crippen molar-refractivity contribution in [3.8, 4) is 5.69 Å². The molecule has 1 atom stereocenters. The monoisotopic (exact) mass is 377 g/mol. The number of aromatic carboxylic acids is 1. The zero-order valence-electron chi connectivity index (χ0n) is 16.4. The van der Waals surface area contributed by atoms with Gasteiger partial charge in [0.05, 0.1) is 17.3 Å². The first-order chi connectivity index (χ1) is 13.3. The zero-order chi connectivity index (χ0) is 20.4. The van der Waals surface area contributed by atoms with Crippen molar-refractivity contribution in [3.63, 3.8) is 0 Å². The minimum absolute atomic E-state index is 0.214. The van der Waals surface area contributed by atoms with E-state index in [9.17, 15) is 9.59 Å². The number of nitrogens with zero attached hydrogens (tertiary/aromatic N) is 2. The molecule has 0 aliphatic heterocycles. The van der Waals surface area contributed by atoms with Gasteiger partial charge in [-0.1, -0.05) is 29.8 Å². The summed E-state index contributed by atoms with van der Waals surface area (Å²) < 4.78 is 1.85. The molecule has 28 heavy (non-hydrogen) atoms. The average Bonchev–Trinajstić information content (AvgIpc) is 2.96. The molecule has 3 aromatic rings. The van der Waals surface area contributed by atoms with Gasteiger partial charge in [-0.05, 0) is 57.5 Å². The SMILES string of the molecule is Cc1ccc(-n2c(C)nc(C)c2C(=O)NC(C)c2ccc(C(=O)O)cc2)cc1. The number of carbonyl (C=O) groups excluding carboxylic acids is 1. The van der Waals surface area contributed by atoms with E-state index < -0.39 is 5.97 Å². The number of benzene rings is 2. The van der Waals surface area contributed by atoms with Crippen LogP contribution in [0.25, 0.3) is 5.69 Å². The molecule has 0 bridgehead atoms. The molecule has 3 rings (SSSR count). The second kappa shape index (κ2) is 7.68. The number of imidazole rings is 1. The van der Waals surface area contributed by atoms with E-state index in [1.165, 1.54) is 12.1 Å². The van der Waals surface area contributed by atoms with Crippen LogP contribution in [0.2, 0.25) is 0 Å². The standard InChI is InChI=1S/C22H23N3O3/c1-13-5-11-19(12-6-13)25-16(4)23-15(3)20(25)21(26)24-14(2)17-7-9-18(10-8-17)22(27)28/h5-12,14H,1-4H3,(H,24,26)(H,27,28). The van der Waals surface area contributed by atoms with Gasteiger partial charge in [0.25, 0.3) is 5.91 Å². The van der Waals surface area contributed by atoms with E-state index in [4.69, 9.17) is 5.11 Å². The van der Waals surface area contributed by atoms with Gasteiger partial charge in [-0.3, -0.25) is 9.36 Å². The third-order valence-electron chi connectivity index (χ3n) is 4.73. The molecule has 0 radical (unpaired) electrons. The molecule has 0 aliphatic carbocycles. The van der Waals surface area contributed by atoms with Crippen molar-refractivity contribution >= 4 is 11.9 Å². The lowest BCUT2D eigenvalue weighted by atomic mass is 10.1. The molecule has 0 spiro atoms. The first-order valence-corrected chi connectivity index (χ1v) is 9.05. The van der Waals surface area contributed by atoms with Crippen LogP contribution in [0.5, 0.6) is 0 Å². The van der Waals surface area contributed by atoms with Crippen LogP contribution in [0.1, 0.15) is 56.5 Å². The normalized spacial score (nSPS) is 11.9. The lowest BCUT2D eigenvalue weighted by molar-refractivity contribution is 0.0696. The quantitative estimate of drug-likeness (QED) is 0.704. The molecule has 0 fully saturated rings. The second-order valence-corrected chi connectivity index (χ2v) is 6.89. The Morgan fingerprint density at radius 2 is 1.61 bits per heavy atom. The number of hydrogen-bond acceptors (Lipinski definition) is 3. The van der Waals surface area contributed by atoms with Crippen LogP contribution in [0.15, 0.2) is 48.5 Å². The molecule has 0 saturated heterocycles. The average molecular weight is 377 g/mol. The summed E-state index contributed by atoms with van der Waals surface area (Å²) in [6, 6.07) is 14.1. The number of carboxylic acid groups (broad SMARTS) is 1. The van der Waals surface area contributed by atoms with Crippen LogP contribution in [-0.4, -0.2) is 26.5 Å². The predicted octanol–water partition coefficient (Wildman–Crippen LogP) is 3.99. The van der Waals surface area contributed by atoms with Crippen molar-refractivity contribution in [3.05, 3.63) is 82.4 Å². The Labute approximate surface area is 163 Å². The number of amides is 1. The van der Waals surface area contributed by atoms with Gasteiger partial charge in [-0.2, -0.15) is 0 Å². The van der Waals surface area contributed by atoms with Crippen LogP contribution in [-0.2, 0) is 0 Å². The van der Waals surface area contributed by atoms with Gasteiger partial charge < -0.3 is 10.4 Å². The van der Waals surface area contributed by atoms with E-state index in [2.05, 4.69) is 10.3 Å². The largest absolute Gasteiger partial charge is 0.478 e. The molecule has 1 unspecified atom stereocenters. The molecule has 1 amide bonds. The molecule has 2 N–H and O–H groups in total. The van der Waals surface area contributed by atoms with E-state index in [-0.39, 0.29) is 17.5 Å². The van der Waals surface area contributed by atoms with Gasteiger partial charge >= 0.3 is 5.97 Å². The maximum Gasteiger partial charge on any atom is 0.335 e. The summed E-state index contributed by atoms with van der Waals surface area (Å²) in [6.07, 6.45) is 0. The van der Waals surface area contributed by atoms with Gasteiger partial charge in [-0.25, -0.2) is 9.78 Å². The lowest BCUT2D eigenvalue weighted by Gasteiger charge is -2.17. The predicted molar refractivity (Wildman–Crippen MR) is 107 cm³/mol. The minimum atomic E-state index is -0.976. The highest BCUT2D eigenvalue weighted by atomic mass is 16.4. The molecule has 0 aliphatic rings. The molecule has 0 saturated carbocycles. The summed E-state index contributed by atoms with van der Waals surface area (Å²) in [6.45, 7) is 7.57. The van der Waals surface area contributed by atoms with Crippen LogP contribution in [0.3, 0.4) is 0 Å². The number of nitrogens with one attached hydrogen (secondary N) is 1. The van der Waals surface area contributed by atoms with Crippen molar-refractivity contribution in [2.45, 2.75) is 33.7 Å². The van der Waals surface area contributed by atoms with Crippen LogP contribution < -0.4 is 5.32 Å². The summed E-state index contributed by atoms with van der Waals surface area (Å²) >= 11 is 0. The Balaban J connectivity index is 1.88. The Kier molecular flexibility index (Phi) is 5.31. The molecule has 6 nitrogen and oxygen atoms in total. The maximum atomic E-state index is 13.0. The Hall–Kier alpha value is -3.41. The number of rotatable bonds is 5.